The summed E-state index contributed by atoms with van der Waals surface area (Å²) in [4.78, 5) is 25.0. The summed E-state index contributed by atoms with van der Waals surface area (Å²) in [5, 5.41) is 2.61. The van der Waals surface area contributed by atoms with Crippen LogP contribution in [0.4, 0.5) is 0 Å². The molecule has 2 aromatic rings. The molecule has 2 fully saturated rings. The molecule has 5 heteroatoms. The first-order valence-electron chi connectivity index (χ1n) is 16.4. The smallest absolute Gasteiger partial charge is 0.306 e. The first-order valence-corrected chi connectivity index (χ1v) is 18.3. The molecule has 0 N–H and O–H groups in total. The number of ether oxygens (including phenoxy) is 1. The van der Waals surface area contributed by atoms with Gasteiger partial charge in [0.15, 0.2) is 0 Å². The molecule has 4 rings (SSSR count). The molecule has 2 aromatic carbocycles. The normalized spacial score (nSPS) is 23.2. The Kier molecular flexibility index (Phi) is 10.6. The lowest BCUT2D eigenvalue weighted by atomic mass is 9.70. The van der Waals surface area contributed by atoms with Crippen molar-refractivity contribution in [2.45, 2.75) is 123 Å². The van der Waals surface area contributed by atoms with Crippen LogP contribution in [0.2, 0.25) is 5.04 Å². The molecule has 230 valence electrons. The summed E-state index contributed by atoms with van der Waals surface area (Å²) in [6.07, 6.45) is 9.41. The van der Waals surface area contributed by atoms with E-state index in [1.165, 1.54) is 16.8 Å². The molecule has 2 aliphatic rings. The Hall–Kier alpha value is -2.24. The monoisotopic (exact) mass is 590 g/mol. The molecule has 0 spiro atoms. The van der Waals surface area contributed by atoms with Crippen molar-refractivity contribution in [3.05, 3.63) is 60.7 Å². The topological polar surface area (TPSA) is 52.6 Å². The lowest BCUT2D eigenvalue weighted by Gasteiger charge is -2.43. The van der Waals surface area contributed by atoms with E-state index in [0.717, 1.165) is 45.1 Å². The maximum Gasteiger partial charge on any atom is 0.306 e. The van der Waals surface area contributed by atoms with Crippen molar-refractivity contribution in [1.82, 2.24) is 0 Å². The minimum Gasteiger partial charge on any atom is -0.462 e. The highest BCUT2D eigenvalue weighted by Crippen LogP contribution is 2.66. The molecule has 0 radical (unpaired) electrons. The Morgan fingerprint density at radius 1 is 0.810 bits per heavy atom. The van der Waals surface area contributed by atoms with Crippen LogP contribution in [0.5, 0.6) is 0 Å². The van der Waals surface area contributed by atoms with Crippen molar-refractivity contribution in [2.75, 3.05) is 6.61 Å². The largest absolute Gasteiger partial charge is 0.462 e. The van der Waals surface area contributed by atoms with Crippen molar-refractivity contribution >= 4 is 30.4 Å². The van der Waals surface area contributed by atoms with E-state index in [0.29, 0.717) is 31.6 Å². The number of rotatable bonds is 15. The van der Waals surface area contributed by atoms with Crippen LogP contribution in [-0.2, 0) is 18.8 Å². The third-order valence-corrected chi connectivity index (χ3v) is 16.0. The number of hydrogen-bond acceptors (Lipinski definition) is 4. The van der Waals surface area contributed by atoms with Crippen molar-refractivity contribution < 1.29 is 18.8 Å². The molecule has 42 heavy (non-hydrogen) atoms. The average Bonchev–Trinajstić information content (AvgIpc) is 3.28. The van der Waals surface area contributed by atoms with Gasteiger partial charge in [-0.1, -0.05) is 115 Å². The van der Waals surface area contributed by atoms with Gasteiger partial charge in [-0.3, -0.25) is 9.59 Å². The predicted molar refractivity (Wildman–Crippen MR) is 175 cm³/mol. The number of benzene rings is 2. The molecule has 0 unspecified atom stereocenters. The predicted octanol–water partition coefficient (Wildman–Crippen LogP) is 8.01. The van der Waals surface area contributed by atoms with Crippen LogP contribution in [-0.4, -0.2) is 32.8 Å². The summed E-state index contributed by atoms with van der Waals surface area (Å²) in [6, 6.07) is 21.6. The van der Waals surface area contributed by atoms with E-state index in [9.17, 15) is 9.59 Å². The van der Waals surface area contributed by atoms with E-state index in [1.54, 1.807) is 0 Å². The summed E-state index contributed by atoms with van der Waals surface area (Å²) < 4.78 is 12.9. The van der Waals surface area contributed by atoms with Gasteiger partial charge in [-0.05, 0) is 65.3 Å². The zero-order valence-corrected chi connectivity index (χ0v) is 28.0. The van der Waals surface area contributed by atoms with Gasteiger partial charge >= 0.3 is 5.97 Å². The van der Waals surface area contributed by atoms with Gasteiger partial charge in [-0.25, -0.2) is 0 Å². The fraction of sp³-hybridized carbons (Fsp3) is 0.622. The van der Waals surface area contributed by atoms with Gasteiger partial charge in [-0.2, -0.15) is 0 Å². The molecule has 3 atom stereocenters. The molecule has 2 aliphatic carbocycles. The van der Waals surface area contributed by atoms with Crippen LogP contribution in [0.25, 0.3) is 0 Å². The Bertz CT molecular complexity index is 1130. The molecule has 2 bridgehead atoms. The number of esters is 1. The molecule has 0 saturated heterocycles. The van der Waals surface area contributed by atoms with Crippen LogP contribution in [0.1, 0.15) is 112 Å². The molecular weight excluding hydrogens is 536 g/mol. The fourth-order valence-corrected chi connectivity index (χ4v) is 12.5. The van der Waals surface area contributed by atoms with Gasteiger partial charge in [0.2, 0.25) is 0 Å². The van der Waals surface area contributed by atoms with Crippen LogP contribution in [0.15, 0.2) is 60.7 Å². The highest BCUT2D eigenvalue weighted by atomic mass is 28.4. The van der Waals surface area contributed by atoms with Gasteiger partial charge in [0, 0.05) is 31.3 Å². The zero-order valence-electron chi connectivity index (χ0n) is 27.0. The molecular formula is C37H54O4Si. The highest BCUT2D eigenvalue weighted by molar-refractivity contribution is 6.99. The van der Waals surface area contributed by atoms with Crippen molar-refractivity contribution in [3.8, 4) is 0 Å². The van der Waals surface area contributed by atoms with Gasteiger partial charge in [-0.15, -0.1) is 0 Å². The summed E-state index contributed by atoms with van der Waals surface area (Å²) in [6.45, 7) is 14.6. The number of Topliss-reactive ketones (excluding diaryl/α,β-unsaturated/α-hetero) is 1. The fourth-order valence-electron chi connectivity index (χ4n) is 7.85. The standard InChI is InChI=1S/C37H54O4Si/c1-35(2,3)42(31-20-12-9-13-21-31,32-22-14-10-15-23-32)40-27-16-8-7-11-18-30(38)19-17-24-34(39)41-33-28-29-25-26-37(33,6)36(29,4)5/h9-10,12-15,20-23,29,33H,7-8,11,16-19,24-28H2,1-6H3/t29-,33+,37+/m0/s1. The molecule has 0 amide bonds. The second-order valence-corrected chi connectivity index (χ2v) is 19.0. The SMILES string of the molecule is CC1(C)[C@H]2CC[C@]1(C)[C@H](OC(=O)CCCC(=O)CCCCCCO[Si](c1ccccc1)(c1ccccc1)C(C)(C)C)C2. The third-order valence-electron chi connectivity index (χ3n) is 10.9. The van der Waals surface area contributed by atoms with Crippen LogP contribution in [0.3, 0.4) is 0 Å². The van der Waals surface area contributed by atoms with Crippen LogP contribution < -0.4 is 10.4 Å². The number of hydrogen-bond donors (Lipinski definition) is 0. The Morgan fingerprint density at radius 2 is 1.38 bits per heavy atom. The number of carbonyl (C=O) groups is 2. The number of unbranched alkanes of at least 4 members (excludes halogenated alkanes) is 3. The second kappa shape index (κ2) is 13.6. The minimum absolute atomic E-state index is 0.0141. The van der Waals surface area contributed by atoms with Gasteiger partial charge in [0.1, 0.15) is 11.9 Å². The Balaban J connectivity index is 1.15. The number of ketones is 1. The first kappa shape index (κ1) is 32.7. The Labute approximate surface area is 256 Å². The third kappa shape index (κ3) is 6.78. The molecule has 0 aliphatic heterocycles. The molecule has 4 nitrogen and oxygen atoms in total. The second-order valence-electron chi connectivity index (χ2n) is 14.7. The van der Waals surface area contributed by atoms with E-state index in [-0.39, 0.29) is 33.7 Å². The van der Waals surface area contributed by atoms with E-state index < -0.39 is 8.32 Å². The van der Waals surface area contributed by atoms with Gasteiger partial charge < -0.3 is 9.16 Å². The van der Waals surface area contributed by atoms with E-state index >= 15 is 0 Å². The maximum atomic E-state index is 12.5. The van der Waals surface area contributed by atoms with Crippen molar-refractivity contribution in [3.63, 3.8) is 0 Å². The first-order chi connectivity index (χ1) is 19.9. The number of carbonyl (C=O) groups excluding carboxylic acids is 2. The average molecular weight is 591 g/mol. The maximum absolute atomic E-state index is 12.5. The summed E-state index contributed by atoms with van der Waals surface area (Å²) in [7, 11) is -2.48. The quantitative estimate of drug-likeness (QED) is 0.120. The van der Waals surface area contributed by atoms with E-state index in [1.807, 2.05) is 0 Å². The summed E-state index contributed by atoms with van der Waals surface area (Å²) >= 11 is 0. The summed E-state index contributed by atoms with van der Waals surface area (Å²) in [5.74, 6) is 0.793. The van der Waals surface area contributed by atoms with E-state index in [2.05, 4.69) is 102 Å². The highest BCUT2D eigenvalue weighted by Gasteiger charge is 2.62. The lowest BCUT2D eigenvalue weighted by Crippen LogP contribution is -2.66. The van der Waals surface area contributed by atoms with Crippen LogP contribution in [0, 0.1) is 16.7 Å². The van der Waals surface area contributed by atoms with Gasteiger partial charge in [0.05, 0.1) is 0 Å². The molecule has 2 saturated carbocycles. The van der Waals surface area contributed by atoms with Gasteiger partial charge in [0.25, 0.3) is 8.32 Å². The lowest BCUT2D eigenvalue weighted by molar-refractivity contribution is -0.157. The van der Waals surface area contributed by atoms with Crippen LogP contribution >= 0.6 is 0 Å². The zero-order chi connectivity index (χ0) is 30.4. The molecule has 0 heterocycles. The van der Waals surface area contributed by atoms with Crippen molar-refractivity contribution in [1.29, 1.82) is 0 Å². The minimum atomic E-state index is -2.48. The Morgan fingerprint density at radius 3 is 1.90 bits per heavy atom. The summed E-state index contributed by atoms with van der Waals surface area (Å²) in [5.41, 5.74) is 0.329. The van der Waals surface area contributed by atoms with Crippen molar-refractivity contribution in [2.24, 2.45) is 16.7 Å². The number of fused-ring (bicyclic) bond motifs is 2. The van der Waals surface area contributed by atoms with E-state index in [4.69, 9.17) is 9.16 Å². The molecule has 0 aromatic heterocycles.